The summed E-state index contributed by atoms with van der Waals surface area (Å²) in [5.74, 6) is 1.52. The van der Waals surface area contributed by atoms with E-state index in [-0.39, 0.29) is 18.3 Å². The zero-order valence-electron chi connectivity index (χ0n) is 21.3. The van der Waals surface area contributed by atoms with E-state index in [1.807, 2.05) is 18.2 Å². The molecule has 0 heterocycles. The smallest absolute Gasteiger partial charge is 0.161 e. The number of methoxy groups -OCH3 is 2. The minimum atomic E-state index is -0.578. The highest BCUT2D eigenvalue weighted by molar-refractivity contribution is 5.77. The van der Waals surface area contributed by atoms with E-state index >= 15 is 0 Å². The largest absolute Gasteiger partial charge is 1.00 e. The van der Waals surface area contributed by atoms with Crippen LogP contribution in [-0.2, 0) is 5.41 Å². The Balaban J connectivity index is 0.00000342. The molecule has 2 unspecified atom stereocenters. The molecule has 4 nitrogen and oxygen atoms in total. The Morgan fingerprint density at radius 1 is 0.914 bits per heavy atom. The van der Waals surface area contributed by atoms with E-state index in [4.69, 9.17) is 9.47 Å². The van der Waals surface area contributed by atoms with E-state index in [1.54, 1.807) is 14.2 Å². The molecular weight excluding hydrogens is 456 g/mol. The lowest BCUT2D eigenvalue weighted by molar-refractivity contribution is -0.905. The molecule has 2 atom stereocenters. The molecule has 0 amide bonds. The fourth-order valence-corrected chi connectivity index (χ4v) is 5.61. The molecule has 0 saturated heterocycles. The normalized spacial score (nSPS) is 14.8. The molecule has 3 aromatic rings. The van der Waals surface area contributed by atoms with Crippen molar-refractivity contribution < 1.29 is 26.8 Å². The van der Waals surface area contributed by atoms with Gasteiger partial charge in [0.1, 0.15) is 6.04 Å². The number of hydrogen-bond acceptors (Lipinski definition) is 3. The maximum Gasteiger partial charge on any atom is 0.161 e. The fraction of sp³-hybridized carbons (Fsp3) is 0.367. The van der Waals surface area contributed by atoms with Crippen LogP contribution in [0.3, 0.4) is 0 Å². The predicted molar refractivity (Wildman–Crippen MR) is 136 cm³/mol. The monoisotopic (exact) mass is 490 g/mol. The Labute approximate surface area is 215 Å². The Kier molecular flexibility index (Phi) is 8.48. The molecule has 0 saturated carbocycles. The zero-order valence-corrected chi connectivity index (χ0v) is 22.0. The van der Waals surface area contributed by atoms with Gasteiger partial charge in [-0.15, -0.1) is 0 Å². The van der Waals surface area contributed by atoms with Crippen LogP contribution >= 0.6 is 0 Å². The molecule has 35 heavy (non-hydrogen) atoms. The first-order valence-corrected chi connectivity index (χ1v) is 12.1. The first kappa shape index (κ1) is 26.6. The second-order valence-electron chi connectivity index (χ2n) is 9.62. The second-order valence-corrected chi connectivity index (χ2v) is 9.62. The van der Waals surface area contributed by atoms with Gasteiger partial charge < -0.3 is 26.8 Å². The van der Waals surface area contributed by atoms with Crippen molar-refractivity contribution in [2.45, 2.75) is 38.1 Å². The Bertz CT molecular complexity index is 1160. The molecule has 4 rings (SSSR count). The van der Waals surface area contributed by atoms with Crippen LogP contribution in [-0.4, -0.2) is 27.8 Å². The van der Waals surface area contributed by atoms with Crippen molar-refractivity contribution in [3.63, 3.8) is 0 Å². The predicted octanol–water partition coefficient (Wildman–Crippen LogP) is 2.19. The van der Waals surface area contributed by atoms with Crippen LogP contribution in [0.2, 0.25) is 0 Å². The maximum atomic E-state index is 10.4. The highest BCUT2D eigenvalue weighted by atomic mass is 35.5. The molecule has 0 aromatic heterocycles. The molecule has 184 valence electrons. The molecule has 0 spiro atoms. The van der Waals surface area contributed by atoms with Gasteiger partial charge in [0.2, 0.25) is 0 Å². The highest BCUT2D eigenvalue weighted by Gasteiger charge is 2.38. The first-order chi connectivity index (χ1) is 16.5. The van der Waals surface area contributed by atoms with Gasteiger partial charge in [0.25, 0.3) is 0 Å². The zero-order chi connectivity index (χ0) is 24.3. The number of fused-ring (bicyclic) bond motifs is 3. The van der Waals surface area contributed by atoms with E-state index < -0.39 is 5.41 Å². The Morgan fingerprint density at radius 2 is 1.49 bits per heavy atom. The summed E-state index contributed by atoms with van der Waals surface area (Å²) in [5.41, 5.74) is 5.92. The minimum absolute atomic E-state index is 0. The quantitative estimate of drug-likeness (QED) is 0.500. The number of nitriles is 1. The van der Waals surface area contributed by atoms with Crippen molar-refractivity contribution in [1.82, 2.24) is 0 Å². The van der Waals surface area contributed by atoms with Crippen molar-refractivity contribution in [3.05, 3.63) is 83.4 Å². The summed E-state index contributed by atoms with van der Waals surface area (Å²) < 4.78 is 10.9. The summed E-state index contributed by atoms with van der Waals surface area (Å²) in [6, 6.07) is 26.4. The summed E-state index contributed by atoms with van der Waals surface area (Å²) in [6.07, 6.45) is 1.75. The van der Waals surface area contributed by atoms with Gasteiger partial charge in [-0.05, 0) is 47.6 Å². The van der Waals surface area contributed by atoms with Crippen LogP contribution in [0.15, 0.2) is 66.7 Å². The summed E-state index contributed by atoms with van der Waals surface area (Å²) in [6.45, 7) is 5.26. The summed E-state index contributed by atoms with van der Waals surface area (Å²) >= 11 is 0. The number of hydrogen-bond donors (Lipinski definition) is 1. The van der Waals surface area contributed by atoms with Gasteiger partial charge in [0.15, 0.2) is 11.5 Å². The van der Waals surface area contributed by atoms with Crippen molar-refractivity contribution in [2.75, 3.05) is 27.8 Å². The molecule has 3 aromatic carbocycles. The van der Waals surface area contributed by atoms with Gasteiger partial charge in [0.05, 0.1) is 39.3 Å². The lowest BCUT2D eigenvalue weighted by atomic mass is 9.69. The standard InChI is InChI=1S/C30H34N2O2.ClH/c1-21(2)30(20-31,22-15-16-27(33-4)28(19-22)34-5)17-10-18-32(3)29-25-13-8-6-11-23(25)24-12-7-9-14-26(24)29;/h6-9,11-16,19,21,29H,10,17-18H2,1-5H3;1H. The topological polar surface area (TPSA) is 46.7 Å². The number of benzene rings is 3. The molecule has 1 aliphatic carbocycles. The van der Waals surface area contributed by atoms with Crippen molar-refractivity contribution in [3.8, 4) is 28.7 Å². The van der Waals surface area contributed by atoms with Crippen LogP contribution in [0.1, 0.15) is 49.4 Å². The lowest BCUT2D eigenvalue weighted by Crippen LogP contribution is -3.09. The molecule has 0 bridgehead atoms. The summed E-state index contributed by atoms with van der Waals surface area (Å²) in [5, 5.41) is 10.4. The minimum Gasteiger partial charge on any atom is -1.00 e. The average Bonchev–Trinajstić information content (AvgIpc) is 3.20. The number of ether oxygens (including phenoxy) is 2. The number of nitrogens with zero attached hydrogens (tertiary/aromatic N) is 1. The lowest BCUT2D eigenvalue weighted by Gasteiger charge is -2.32. The van der Waals surface area contributed by atoms with Crippen LogP contribution in [0.4, 0.5) is 0 Å². The molecule has 0 radical (unpaired) electrons. The average molecular weight is 491 g/mol. The number of rotatable bonds is 9. The van der Waals surface area contributed by atoms with Crippen LogP contribution in [0.5, 0.6) is 11.5 Å². The van der Waals surface area contributed by atoms with Gasteiger partial charge in [-0.25, -0.2) is 0 Å². The van der Waals surface area contributed by atoms with Crippen LogP contribution < -0.4 is 26.8 Å². The molecule has 0 aliphatic heterocycles. The van der Waals surface area contributed by atoms with E-state index in [1.165, 1.54) is 27.2 Å². The number of nitrogens with one attached hydrogen (secondary N) is 1. The van der Waals surface area contributed by atoms with Crippen LogP contribution in [0, 0.1) is 17.2 Å². The van der Waals surface area contributed by atoms with E-state index in [9.17, 15) is 5.26 Å². The summed E-state index contributed by atoms with van der Waals surface area (Å²) in [4.78, 5) is 1.46. The molecular formula is C30H35ClN2O2. The molecule has 1 N–H and O–H groups in total. The second kappa shape index (κ2) is 11.2. The van der Waals surface area contributed by atoms with Gasteiger partial charge in [0, 0.05) is 11.1 Å². The third-order valence-electron chi connectivity index (χ3n) is 7.55. The molecule has 5 heteroatoms. The van der Waals surface area contributed by atoms with Gasteiger partial charge in [-0.1, -0.05) is 68.4 Å². The van der Waals surface area contributed by atoms with Gasteiger partial charge >= 0.3 is 0 Å². The van der Waals surface area contributed by atoms with Gasteiger partial charge in [-0.2, -0.15) is 5.26 Å². The molecule has 0 fully saturated rings. The Morgan fingerprint density at radius 3 is 2.00 bits per heavy atom. The first-order valence-electron chi connectivity index (χ1n) is 12.1. The van der Waals surface area contributed by atoms with Crippen molar-refractivity contribution in [2.24, 2.45) is 5.92 Å². The fourth-order valence-electron chi connectivity index (χ4n) is 5.61. The number of quaternary nitrogens is 1. The van der Waals surface area contributed by atoms with E-state index in [0.717, 1.165) is 24.9 Å². The highest BCUT2D eigenvalue weighted by Crippen LogP contribution is 2.42. The third-order valence-corrected chi connectivity index (χ3v) is 7.55. The van der Waals surface area contributed by atoms with E-state index in [0.29, 0.717) is 17.5 Å². The summed E-state index contributed by atoms with van der Waals surface area (Å²) in [7, 11) is 5.56. The van der Waals surface area contributed by atoms with E-state index in [2.05, 4.69) is 75.5 Å². The number of halogens is 1. The third kappa shape index (κ3) is 4.76. The molecule has 1 aliphatic rings. The Hall–Kier alpha value is -3.00. The van der Waals surface area contributed by atoms with Crippen LogP contribution in [0.25, 0.3) is 11.1 Å². The SMILES string of the molecule is COc1ccc(C(C#N)(CCC[NH+](C)C2c3ccccc3-c3ccccc32)C(C)C)cc1OC.[Cl-]. The maximum absolute atomic E-state index is 10.4. The van der Waals surface area contributed by atoms with Crippen molar-refractivity contribution in [1.29, 1.82) is 5.26 Å². The van der Waals surface area contributed by atoms with Gasteiger partial charge in [-0.3, -0.25) is 0 Å². The van der Waals surface area contributed by atoms with Crippen molar-refractivity contribution >= 4 is 0 Å².